The van der Waals surface area contributed by atoms with Crippen molar-refractivity contribution in [3.63, 3.8) is 0 Å². The number of anilines is 1. The molecule has 0 fully saturated rings. The number of aliphatic carboxylic acids is 1. The molecule has 0 saturated carbocycles. The topological polar surface area (TPSA) is 125 Å². The van der Waals surface area contributed by atoms with Gasteiger partial charge in [0.1, 0.15) is 5.82 Å². The average Bonchev–Trinajstić information content (AvgIpc) is 2.76. The summed E-state index contributed by atoms with van der Waals surface area (Å²) in [6, 6.07) is 6.36. The molecule has 2 amide bonds. The highest BCUT2D eigenvalue weighted by Gasteiger charge is 2.18. The number of amides is 2. The second kappa shape index (κ2) is 10.4. The number of carbonyl (C=O) groups is 2. The van der Waals surface area contributed by atoms with E-state index in [1.54, 1.807) is 12.1 Å². The van der Waals surface area contributed by atoms with Crippen LogP contribution < -0.4 is 20.7 Å². The summed E-state index contributed by atoms with van der Waals surface area (Å²) in [7, 11) is 1.50. The van der Waals surface area contributed by atoms with Gasteiger partial charge in [0.15, 0.2) is 0 Å². The van der Waals surface area contributed by atoms with E-state index in [0.717, 1.165) is 43.7 Å². The summed E-state index contributed by atoms with van der Waals surface area (Å²) in [6.07, 6.45) is 4.92. The standard InChI is InChI=1S/C21H27N5O4/c1-30-18-9-7-15(13-24-18)17(12-19(27)28)26-21(29)23-11-3-5-16-8-6-14-4-2-10-22-20(14)25-16/h6-9,13,17H,2-5,10-12H2,1H3,(H,22,25)(H,27,28)(H2,23,26,29)/t17-/m0/s1. The summed E-state index contributed by atoms with van der Waals surface area (Å²) in [4.78, 5) is 32.1. The fourth-order valence-electron chi connectivity index (χ4n) is 3.33. The molecule has 0 bridgehead atoms. The van der Waals surface area contributed by atoms with E-state index < -0.39 is 18.0 Å². The van der Waals surface area contributed by atoms with Crippen molar-refractivity contribution in [1.29, 1.82) is 0 Å². The van der Waals surface area contributed by atoms with Crippen molar-refractivity contribution < 1.29 is 19.4 Å². The Kier molecular flexibility index (Phi) is 7.42. The quantitative estimate of drug-likeness (QED) is 0.465. The van der Waals surface area contributed by atoms with E-state index >= 15 is 0 Å². The van der Waals surface area contributed by atoms with Crippen molar-refractivity contribution in [2.75, 3.05) is 25.5 Å². The molecule has 0 aromatic carbocycles. The molecule has 1 aliphatic heterocycles. The fourth-order valence-corrected chi connectivity index (χ4v) is 3.33. The van der Waals surface area contributed by atoms with Crippen LogP contribution in [0.25, 0.3) is 0 Å². The van der Waals surface area contributed by atoms with Crippen LogP contribution in [0, 0.1) is 0 Å². The van der Waals surface area contributed by atoms with E-state index in [4.69, 9.17) is 9.84 Å². The number of hydrogen-bond donors (Lipinski definition) is 4. The summed E-state index contributed by atoms with van der Waals surface area (Å²) < 4.78 is 5.01. The van der Waals surface area contributed by atoms with Crippen LogP contribution in [0.4, 0.5) is 10.6 Å². The van der Waals surface area contributed by atoms with E-state index in [9.17, 15) is 9.59 Å². The summed E-state index contributed by atoms with van der Waals surface area (Å²) in [6.45, 7) is 1.41. The third-order valence-electron chi connectivity index (χ3n) is 4.90. The number of hydrogen-bond acceptors (Lipinski definition) is 6. The number of aromatic nitrogens is 2. The van der Waals surface area contributed by atoms with Gasteiger partial charge in [-0.05, 0) is 42.9 Å². The molecule has 4 N–H and O–H groups in total. The number of rotatable bonds is 9. The molecule has 9 heteroatoms. The minimum Gasteiger partial charge on any atom is -0.481 e. The molecule has 1 aliphatic rings. The van der Waals surface area contributed by atoms with Gasteiger partial charge >= 0.3 is 12.0 Å². The van der Waals surface area contributed by atoms with Crippen LogP contribution in [0.5, 0.6) is 5.88 Å². The van der Waals surface area contributed by atoms with Crippen LogP contribution in [0.15, 0.2) is 30.5 Å². The van der Waals surface area contributed by atoms with E-state index in [1.165, 1.54) is 18.9 Å². The van der Waals surface area contributed by atoms with Crippen LogP contribution in [0.3, 0.4) is 0 Å². The molecule has 9 nitrogen and oxygen atoms in total. The smallest absolute Gasteiger partial charge is 0.315 e. The van der Waals surface area contributed by atoms with Gasteiger partial charge in [0.25, 0.3) is 0 Å². The molecule has 30 heavy (non-hydrogen) atoms. The lowest BCUT2D eigenvalue weighted by Crippen LogP contribution is -2.39. The summed E-state index contributed by atoms with van der Waals surface area (Å²) >= 11 is 0. The number of carboxylic acid groups (broad SMARTS) is 1. The Morgan fingerprint density at radius 3 is 2.90 bits per heavy atom. The molecule has 2 aromatic rings. The van der Waals surface area contributed by atoms with E-state index in [2.05, 4.69) is 32.0 Å². The Morgan fingerprint density at radius 2 is 2.17 bits per heavy atom. The van der Waals surface area contributed by atoms with Gasteiger partial charge in [0.2, 0.25) is 5.88 Å². The van der Waals surface area contributed by atoms with Crippen molar-refractivity contribution in [1.82, 2.24) is 20.6 Å². The number of methoxy groups -OCH3 is 1. The first-order chi connectivity index (χ1) is 14.5. The summed E-state index contributed by atoms with van der Waals surface area (Å²) in [5.41, 5.74) is 2.83. The SMILES string of the molecule is COc1ccc([C@H](CC(=O)O)NC(=O)NCCCc2ccc3c(n2)NCCC3)cn1. The Labute approximate surface area is 175 Å². The summed E-state index contributed by atoms with van der Waals surface area (Å²) in [5, 5.41) is 18.0. The number of urea groups is 1. The molecule has 2 aromatic heterocycles. The van der Waals surface area contributed by atoms with Gasteiger partial charge in [0, 0.05) is 31.0 Å². The van der Waals surface area contributed by atoms with Gasteiger partial charge in [-0.1, -0.05) is 12.1 Å². The molecule has 0 unspecified atom stereocenters. The molecule has 3 rings (SSSR count). The minimum absolute atomic E-state index is 0.243. The van der Waals surface area contributed by atoms with Gasteiger partial charge in [-0.25, -0.2) is 14.8 Å². The zero-order valence-corrected chi connectivity index (χ0v) is 17.0. The molecule has 1 atom stereocenters. The number of fused-ring (bicyclic) bond motifs is 1. The Morgan fingerprint density at radius 1 is 1.30 bits per heavy atom. The maximum Gasteiger partial charge on any atom is 0.315 e. The van der Waals surface area contributed by atoms with Crippen LogP contribution in [-0.4, -0.2) is 47.3 Å². The van der Waals surface area contributed by atoms with Crippen molar-refractivity contribution in [2.45, 2.75) is 38.1 Å². The highest BCUT2D eigenvalue weighted by atomic mass is 16.5. The first kappa shape index (κ1) is 21.4. The number of ether oxygens (including phenoxy) is 1. The number of aryl methyl sites for hydroxylation is 2. The molecular formula is C21H27N5O4. The third kappa shape index (κ3) is 6.07. The highest BCUT2D eigenvalue weighted by molar-refractivity contribution is 5.76. The van der Waals surface area contributed by atoms with Crippen LogP contribution >= 0.6 is 0 Å². The number of pyridine rings is 2. The maximum absolute atomic E-state index is 12.2. The van der Waals surface area contributed by atoms with Gasteiger partial charge in [0.05, 0.1) is 19.6 Å². The molecular weight excluding hydrogens is 386 g/mol. The summed E-state index contributed by atoms with van der Waals surface area (Å²) in [5.74, 6) is 0.376. The Balaban J connectivity index is 1.47. The number of carbonyl (C=O) groups excluding carboxylic acids is 1. The van der Waals surface area contributed by atoms with Crippen molar-refractivity contribution in [2.24, 2.45) is 0 Å². The van der Waals surface area contributed by atoms with Gasteiger partial charge < -0.3 is 25.8 Å². The zero-order valence-electron chi connectivity index (χ0n) is 17.0. The largest absolute Gasteiger partial charge is 0.481 e. The molecule has 0 spiro atoms. The van der Waals surface area contributed by atoms with Crippen molar-refractivity contribution >= 4 is 17.8 Å². The lowest BCUT2D eigenvalue weighted by Gasteiger charge is -2.18. The Bertz CT molecular complexity index is 872. The number of carboxylic acids is 1. The second-order valence-electron chi connectivity index (χ2n) is 7.13. The molecule has 0 radical (unpaired) electrons. The monoisotopic (exact) mass is 413 g/mol. The van der Waals surface area contributed by atoms with Crippen molar-refractivity contribution in [3.8, 4) is 5.88 Å². The predicted molar refractivity (Wildman–Crippen MR) is 112 cm³/mol. The van der Waals surface area contributed by atoms with E-state index in [0.29, 0.717) is 18.0 Å². The first-order valence-electron chi connectivity index (χ1n) is 10.0. The average molecular weight is 413 g/mol. The molecule has 3 heterocycles. The highest BCUT2D eigenvalue weighted by Crippen LogP contribution is 2.20. The number of nitrogens with zero attached hydrogens (tertiary/aromatic N) is 2. The van der Waals surface area contributed by atoms with Crippen LogP contribution in [0.1, 0.15) is 42.1 Å². The van der Waals surface area contributed by atoms with E-state index in [-0.39, 0.29) is 6.42 Å². The maximum atomic E-state index is 12.2. The minimum atomic E-state index is -1.01. The van der Waals surface area contributed by atoms with Gasteiger partial charge in [-0.2, -0.15) is 0 Å². The van der Waals surface area contributed by atoms with Gasteiger partial charge in [-0.3, -0.25) is 4.79 Å². The normalized spacial score (nSPS) is 13.5. The van der Waals surface area contributed by atoms with E-state index in [1.807, 2.05) is 6.07 Å². The Hall–Kier alpha value is -3.36. The molecule has 160 valence electrons. The fraction of sp³-hybridized carbons (Fsp3) is 0.429. The lowest BCUT2D eigenvalue weighted by atomic mass is 10.1. The lowest BCUT2D eigenvalue weighted by molar-refractivity contribution is -0.137. The first-order valence-corrected chi connectivity index (χ1v) is 10.0. The van der Waals surface area contributed by atoms with Crippen molar-refractivity contribution in [3.05, 3.63) is 47.3 Å². The van der Waals surface area contributed by atoms with Crippen LogP contribution in [-0.2, 0) is 17.6 Å². The van der Waals surface area contributed by atoms with Gasteiger partial charge in [-0.15, -0.1) is 0 Å². The second-order valence-corrected chi connectivity index (χ2v) is 7.13. The van der Waals surface area contributed by atoms with Crippen LogP contribution in [0.2, 0.25) is 0 Å². The third-order valence-corrected chi connectivity index (χ3v) is 4.90. The zero-order chi connectivity index (χ0) is 21.3. The number of nitrogens with one attached hydrogen (secondary N) is 3. The molecule has 0 aliphatic carbocycles. The predicted octanol–water partition coefficient (Wildman–Crippen LogP) is 2.29. The molecule has 0 saturated heterocycles.